The van der Waals surface area contributed by atoms with E-state index in [1.165, 1.54) is 101 Å². The number of carbonyl (C=O) groups excluding carboxylic acids is 1. The van der Waals surface area contributed by atoms with Gasteiger partial charge in [-0.3, -0.25) is 14.3 Å². The van der Waals surface area contributed by atoms with Gasteiger partial charge in [-0.15, -0.1) is 0 Å². The largest absolute Gasteiger partial charge is 0.508 e. The second-order valence-corrected chi connectivity index (χ2v) is 17.7. The third-order valence-corrected chi connectivity index (χ3v) is 11.9. The van der Waals surface area contributed by atoms with Gasteiger partial charge in [-0.1, -0.05) is 139 Å². The molecule has 2 aromatic rings. The molecular weight excluding hydrogens is 774 g/mol. The molecule has 1 aliphatic rings. The van der Waals surface area contributed by atoms with E-state index in [0.717, 1.165) is 49.2 Å². The van der Waals surface area contributed by atoms with Gasteiger partial charge in [0, 0.05) is 31.8 Å². The molecule has 314 valence electrons. The molecule has 0 aliphatic carbocycles. The lowest BCUT2D eigenvalue weighted by Gasteiger charge is -2.26. The first-order chi connectivity index (χ1) is 27.1. The first-order valence-corrected chi connectivity index (χ1v) is 23.4. The molecule has 2 unspecified atom stereocenters. The number of nitrogens with zero attached hydrogens (tertiary/aromatic N) is 1. The molecule has 1 saturated heterocycles. The fourth-order valence-corrected chi connectivity index (χ4v) is 7.94. The third kappa shape index (κ3) is 19.2. The van der Waals surface area contributed by atoms with Crippen molar-refractivity contribution in [1.82, 2.24) is 14.9 Å². The Morgan fingerprint density at radius 1 is 0.929 bits per heavy atom. The quantitative estimate of drug-likeness (QED) is 0.0236. The molecule has 1 aromatic carbocycles. The maximum atomic E-state index is 12.9. The highest BCUT2D eigenvalue weighted by Crippen LogP contribution is 2.50. The normalized spacial score (nSPS) is 19.2. The van der Waals surface area contributed by atoms with E-state index in [-0.39, 0.29) is 13.2 Å². The lowest BCUT2D eigenvalue weighted by molar-refractivity contribution is -0.0593. The highest BCUT2D eigenvalue weighted by atomic mass is 32.5. The number of benzene rings is 1. The molecule has 3 rings (SSSR count). The van der Waals surface area contributed by atoms with Crippen LogP contribution in [-0.2, 0) is 41.7 Å². The molecule has 0 saturated carbocycles. The van der Waals surface area contributed by atoms with Gasteiger partial charge in [0.15, 0.2) is 0 Å². The van der Waals surface area contributed by atoms with Gasteiger partial charge in [0.25, 0.3) is 5.56 Å². The Morgan fingerprint density at radius 2 is 1.59 bits per heavy atom. The fourth-order valence-electron chi connectivity index (χ4n) is 6.71. The number of ether oxygens (including phenoxy) is 3. The summed E-state index contributed by atoms with van der Waals surface area (Å²) in [5.41, 5.74) is -0.462. The summed E-state index contributed by atoms with van der Waals surface area (Å²) >= 11 is 10.7. The number of hydrogen-bond donors (Lipinski definition) is 3. The van der Waals surface area contributed by atoms with Crippen molar-refractivity contribution < 1.29 is 32.9 Å². The molecule has 0 amide bonds. The van der Waals surface area contributed by atoms with E-state index in [1.807, 2.05) is 42.5 Å². The van der Waals surface area contributed by atoms with E-state index in [1.54, 1.807) is 0 Å². The zero-order valence-electron chi connectivity index (χ0n) is 33.3. The van der Waals surface area contributed by atoms with Gasteiger partial charge < -0.3 is 33.5 Å². The Balaban J connectivity index is 1.43. The lowest BCUT2D eigenvalue weighted by atomic mass is 9.95. The molecule has 2 heterocycles. The summed E-state index contributed by atoms with van der Waals surface area (Å²) < 4.78 is 29.1. The van der Waals surface area contributed by atoms with Crippen LogP contribution in [0.3, 0.4) is 0 Å². The second-order valence-electron chi connectivity index (χ2n) is 14.3. The number of H-pyrrole nitrogens is 1. The SMILES string of the molecule is CCCCCCCCCCCCCCCC(=S)NCCCC/C=C/C[C@H]1C(OP(O)(=S)OC)[C@@H](COC(=O)OCc2ccccc2)O[C@H]1n1ccc(=O)[nH]c1=O. The van der Waals surface area contributed by atoms with Crippen molar-refractivity contribution in [3.8, 4) is 0 Å². The maximum absolute atomic E-state index is 12.9. The molecular formula is C41H64N3O9PS2. The average Bonchev–Trinajstić information content (AvgIpc) is 3.51. The third-order valence-electron chi connectivity index (χ3n) is 9.85. The van der Waals surface area contributed by atoms with Crippen LogP contribution in [0.4, 0.5) is 4.79 Å². The van der Waals surface area contributed by atoms with Crippen LogP contribution in [0.25, 0.3) is 0 Å². The van der Waals surface area contributed by atoms with Gasteiger partial charge in [0.2, 0.25) is 0 Å². The van der Waals surface area contributed by atoms with Crippen LogP contribution in [-0.4, -0.2) is 58.1 Å². The summed E-state index contributed by atoms with van der Waals surface area (Å²) in [6.45, 7) is -0.948. The molecule has 0 bridgehead atoms. The first kappa shape index (κ1) is 47.7. The maximum Gasteiger partial charge on any atom is 0.508 e. The fraction of sp³-hybridized carbons (Fsp3) is 0.659. The molecule has 1 fully saturated rings. The molecule has 15 heteroatoms. The summed E-state index contributed by atoms with van der Waals surface area (Å²) in [6, 6.07) is 10.4. The molecule has 56 heavy (non-hydrogen) atoms. The number of carbonyl (C=O) groups is 1. The number of aromatic nitrogens is 2. The summed E-state index contributed by atoms with van der Waals surface area (Å²) in [4.78, 5) is 51.1. The Morgan fingerprint density at radius 3 is 2.23 bits per heavy atom. The van der Waals surface area contributed by atoms with Crippen molar-refractivity contribution in [3.05, 3.63) is 81.1 Å². The number of nitrogens with one attached hydrogen (secondary N) is 2. The summed E-state index contributed by atoms with van der Waals surface area (Å²) in [7, 11) is 1.24. The Labute approximate surface area is 343 Å². The van der Waals surface area contributed by atoms with Crippen LogP contribution in [0.2, 0.25) is 0 Å². The second kappa shape index (κ2) is 27.8. The molecule has 0 radical (unpaired) electrons. The van der Waals surface area contributed by atoms with Crippen LogP contribution in [0.5, 0.6) is 0 Å². The Bertz CT molecular complexity index is 1610. The predicted octanol–water partition coefficient (Wildman–Crippen LogP) is 9.17. The standard InChI is InChI=1S/C41H64N3O9PS2/c1-3-4-5-6-7-8-9-10-11-12-13-16-22-27-37(55)42-29-23-17-14-15-21-26-34-38(53-54(48,56)49-2)35(52-39(34)44-30-28-36(45)43-40(44)46)32-51-41(47)50-31-33-24-19-18-20-25-33/h15,18-21,24-25,28,30,34-35,38-39H,3-14,16-17,22-23,26-27,29,31-32H2,1-2H3,(H,42,55)(H,48,56)(H,43,45,46)/b21-15+/t34-,35+,38?,39+,54?/m0/s1. The van der Waals surface area contributed by atoms with Gasteiger partial charge in [0.05, 0.1) is 4.99 Å². The van der Waals surface area contributed by atoms with E-state index >= 15 is 0 Å². The van der Waals surface area contributed by atoms with Crippen molar-refractivity contribution in [3.63, 3.8) is 0 Å². The molecule has 3 N–H and O–H groups in total. The Hall–Kier alpha value is -2.71. The topological polar surface area (TPSA) is 150 Å². The van der Waals surface area contributed by atoms with Crippen LogP contribution in [0.15, 0.2) is 64.3 Å². The van der Waals surface area contributed by atoms with Gasteiger partial charge in [-0.25, -0.2) is 9.59 Å². The number of allylic oxidation sites excluding steroid dienone is 2. The van der Waals surface area contributed by atoms with Crippen molar-refractivity contribution in [2.75, 3.05) is 20.3 Å². The van der Waals surface area contributed by atoms with E-state index in [2.05, 4.69) is 17.2 Å². The first-order valence-electron chi connectivity index (χ1n) is 20.4. The molecule has 1 aromatic heterocycles. The van der Waals surface area contributed by atoms with E-state index in [9.17, 15) is 19.3 Å². The summed E-state index contributed by atoms with van der Waals surface area (Å²) in [5.74, 6) is -0.586. The zero-order valence-corrected chi connectivity index (χ0v) is 35.8. The average molecular weight is 838 g/mol. The highest BCUT2D eigenvalue weighted by molar-refractivity contribution is 8.07. The van der Waals surface area contributed by atoms with Crippen molar-refractivity contribution >= 4 is 41.9 Å². The van der Waals surface area contributed by atoms with Crippen LogP contribution in [0, 0.1) is 5.92 Å². The van der Waals surface area contributed by atoms with Gasteiger partial charge in [-0.05, 0) is 55.9 Å². The number of thiocarbonyl (C=S) groups is 1. The van der Waals surface area contributed by atoms with Gasteiger partial charge in [-0.2, -0.15) is 0 Å². The van der Waals surface area contributed by atoms with Gasteiger partial charge in [0.1, 0.15) is 31.6 Å². The van der Waals surface area contributed by atoms with E-state index < -0.39 is 48.5 Å². The minimum Gasteiger partial charge on any atom is -0.431 e. The minimum atomic E-state index is -3.73. The van der Waals surface area contributed by atoms with E-state index in [0.29, 0.717) is 6.42 Å². The van der Waals surface area contributed by atoms with Crippen LogP contribution in [0.1, 0.15) is 134 Å². The molecule has 1 aliphatic heterocycles. The van der Waals surface area contributed by atoms with E-state index in [4.69, 9.17) is 47.3 Å². The number of hydrogen-bond acceptors (Lipinski definition) is 10. The molecule has 12 nitrogen and oxygen atoms in total. The molecule has 0 spiro atoms. The number of rotatable bonds is 29. The van der Waals surface area contributed by atoms with Crippen LogP contribution >= 0.6 is 18.9 Å². The van der Waals surface area contributed by atoms with Gasteiger partial charge >= 0.3 is 18.6 Å². The number of unbranched alkanes of at least 4 members (excludes halogenated alkanes) is 14. The van der Waals surface area contributed by atoms with Crippen LogP contribution < -0.4 is 16.6 Å². The van der Waals surface area contributed by atoms with Crippen molar-refractivity contribution in [1.29, 1.82) is 0 Å². The van der Waals surface area contributed by atoms with Crippen molar-refractivity contribution in [2.24, 2.45) is 5.92 Å². The Kier molecular flexibility index (Phi) is 23.7. The summed E-state index contributed by atoms with van der Waals surface area (Å²) in [5, 5.41) is 3.40. The predicted molar refractivity (Wildman–Crippen MR) is 228 cm³/mol. The summed E-state index contributed by atoms with van der Waals surface area (Å²) in [6.07, 6.45) is 22.9. The minimum absolute atomic E-state index is 0.0112. The zero-order chi connectivity index (χ0) is 40.4. The smallest absolute Gasteiger partial charge is 0.431 e. The molecule has 5 atom stereocenters. The monoisotopic (exact) mass is 837 g/mol. The van der Waals surface area contributed by atoms with Crippen molar-refractivity contribution in [2.45, 2.75) is 148 Å². The lowest BCUT2D eigenvalue weighted by Crippen LogP contribution is -2.35. The number of aromatic amines is 1. The highest BCUT2D eigenvalue weighted by Gasteiger charge is 2.48.